The normalized spacial score (nSPS) is 12.9. The molecule has 1 aliphatic carbocycles. The third-order valence-corrected chi connectivity index (χ3v) is 12.4. The van der Waals surface area contributed by atoms with E-state index >= 15 is 0 Å². The summed E-state index contributed by atoms with van der Waals surface area (Å²) in [6.07, 6.45) is 0. The van der Waals surface area contributed by atoms with Crippen LogP contribution in [0.3, 0.4) is 0 Å². The van der Waals surface area contributed by atoms with Crippen molar-refractivity contribution in [3.05, 3.63) is 217 Å². The van der Waals surface area contributed by atoms with Gasteiger partial charge in [-0.3, -0.25) is 0 Å². The monoisotopic (exact) mass is 724 g/mol. The molecule has 0 saturated carbocycles. The summed E-state index contributed by atoms with van der Waals surface area (Å²) in [4.78, 5) is 0. The minimum absolute atomic E-state index is 0.102. The van der Waals surface area contributed by atoms with Crippen LogP contribution in [-0.4, -0.2) is 0 Å². The Labute approximate surface area is 334 Å². The highest BCUT2D eigenvalue weighted by Gasteiger charge is 2.37. The minimum atomic E-state index is -0.102. The molecule has 0 bridgehead atoms. The maximum Gasteiger partial charge on any atom is 0.0159 e. The first-order valence-corrected chi connectivity index (χ1v) is 20.0. The third-order valence-electron chi connectivity index (χ3n) is 12.4. The van der Waals surface area contributed by atoms with E-state index < -0.39 is 0 Å². The fourth-order valence-corrected chi connectivity index (χ4v) is 9.66. The molecule has 0 aromatic heterocycles. The summed E-state index contributed by atoms with van der Waals surface area (Å²) >= 11 is 0. The third kappa shape index (κ3) is 5.36. The first-order valence-electron chi connectivity index (χ1n) is 20.0. The minimum Gasteiger partial charge on any atom is -0.0622 e. The molecule has 10 aromatic carbocycles. The predicted molar refractivity (Wildman–Crippen MR) is 244 cm³/mol. The van der Waals surface area contributed by atoms with E-state index in [2.05, 4.69) is 220 Å². The smallest absolute Gasteiger partial charge is 0.0159 e. The van der Waals surface area contributed by atoms with Crippen LogP contribution in [0.1, 0.15) is 25.0 Å². The van der Waals surface area contributed by atoms with Crippen molar-refractivity contribution in [2.45, 2.75) is 19.3 Å². The van der Waals surface area contributed by atoms with E-state index in [-0.39, 0.29) is 5.41 Å². The topological polar surface area (TPSA) is 0 Å². The number of fused-ring (bicyclic) bond motifs is 6. The van der Waals surface area contributed by atoms with Crippen LogP contribution in [0.4, 0.5) is 0 Å². The summed E-state index contributed by atoms with van der Waals surface area (Å²) in [5, 5.41) is 7.53. The van der Waals surface area contributed by atoms with Gasteiger partial charge in [-0.05, 0) is 141 Å². The van der Waals surface area contributed by atoms with E-state index in [1.54, 1.807) is 0 Å². The quantitative estimate of drug-likeness (QED) is 0.155. The molecule has 268 valence electrons. The molecule has 0 heterocycles. The molecular weight excluding hydrogens is 685 g/mol. The van der Waals surface area contributed by atoms with Gasteiger partial charge < -0.3 is 0 Å². The Morgan fingerprint density at radius 3 is 1.53 bits per heavy atom. The van der Waals surface area contributed by atoms with E-state index in [0.29, 0.717) is 0 Å². The van der Waals surface area contributed by atoms with Gasteiger partial charge in [0.25, 0.3) is 0 Å². The number of hydrogen-bond acceptors (Lipinski definition) is 0. The van der Waals surface area contributed by atoms with Crippen LogP contribution < -0.4 is 0 Å². The standard InChI is InChI=1S/C57H40/c1-57(2)52-26-14-13-24-49(52)56-50(25-15-27-53(56)57)55-47-23-12-11-22-46(47)54(48-31-30-42(36-51(48)55)41-29-28-39-20-9-10-21-40(39)32-41)45-34-43(37-16-5-3-6-17-37)33-44(35-45)38-18-7-4-8-19-38/h3-36H,1-2H3. The lowest BCUT2D eigenvalue weighted by Gasteiger charge is -2.23. The summed E-state index contributed by atoms with van der Waals surface area (Å²) in [5.74, 6) is 0. The highest BCUT2D eigenvalue weighted by Crippen LogP contribution is 2.55. The number of benzene rings is 10. The molecule has 57 heavy (non-hydrogen) atoms. The maximum atomic E-state index is 2.47. The molecule has 0 nitrogen and oxygen atoms in total. The van der Waals surface area contributed by atoms with E-state index in [0.717, 1.165) is 0 Å². The van der Waals surface area contributed by atoms with Crippen molar-refractivity contribution in [3.8, 4) is 66.8 Å². The van der Waals surface area contributed by atoms with Crippen molar-refractivity contribution in [1.82, 2.24) is 0 Å². The average Bonchev–Trinajstić information content (AvgIpc) is 3.51. The van der Waals surface area contributed by atoms with Gasteiger partial charge >= 0.3 is 0 Å². The summed E-state index contributed by atoms with van der Waals surface area (Å²) in [6.45, 7) is 4.76. The lowest BCUT2D eigenvalue weighted by Crippen LogP contribution is -2.14. The van der Waals surface area contributed by atoms with Crippen LogP contribution in [0.2, 0.25) is 0 Å². The lowest BCUT2D eigenvalue weighted by molar-refractivity contribution is 0.660. The van der Waals surface area contributed by atoms with Crippen LogP contribution >= 0.6 is 0 Å². The van der Waals surface area contributed by atoms with Crippen LogP contribution in [0, 0.1) is 0 Å². The molecule has 0 N–H and O–H groups in total. The SMILES string of the molecule is CC1(C)c2ccccc2-c2c(-c3c4ccccc4c(-c4cc(-c5ccccc5)cc(-c5ccccc5)c4)c4ccc(-c5ccc6ccccc6c5)cc34)cccc21. The van der Waals surface area contributed by atoms with Crippen molar-refractivity contribution in [2.24, 2.45) is 0 Å². The van der Waals surface area contributed by atoms with Crippen LogP contribution in [0.5, 0.6) is 0 Å². The summed E-state index contributed by atoms with van der Waals surface area (Å²) in [6, 6.07) is 76.6. The average molecular weight is 725 g/mol. The van der Waals surface area contributed by atoms with Gasteiger partial charge in [0.2, 0.25) is 0 Å². The zero-order valence-electron chi connectivity index (χ0n) is 32.1. The van der Waals surface area contributed by atoms with Gasteiger partial charge in [0, 0.05) is 5.41 Å². The van der Waals surface area contributed by atoms with Gasteiger partial charge in [0.1, 0.15) is 0 Å². The van der Waals surface area contributed by atoms with Crippen molar-refractivity contribution in [2.75, 3.05) is 0 Å². The Balaban J connectivity index is 1.27. The van der Waals surface area contributed by atoms with Crippen LogP contribution in [0.25, 0.3) is 99.1 Å². The molecule has 0 radical (unpaired) electrons. The summed E-state index contributed by atoms with van der Waals surface area (Å²) < 4.78 is 0. The molecule has 10 aromatic rings. The summed E-state index contributed by atoms with van der Waals surface area (Å²) in [5.41, 5.74) is 17.7. The highest BCUT2D eigenvalue weighted by atomic mass is 14.4. The summed E-state index contributed by atoms with van der Waals surface area (Å²) in [7, 11) is 0. The first-order chi connectivity index (χ1) is 28.0. The van der Waals surface area contributed by atoms with Crippen LogP contribution in [-0.2, 0) is 5.41 Å². The van der Waals surface area contributed by atoms with E-state index in [1.807, 2.05) is 0 Å². The molecule has 0 fully saturated rings. The Hall–Kier alpha value is -7.02. The largest absolute Gasteiger partial charge is 0.0622 e. The molecule has 0 atom stereocenters. The molecule has 0 heteroatoms. The first kappa shape index (κ1) is 33.3. The molecule has 0 amide bonds. The second kappa shape index (κ2) is 13.0. The molecular formula is C57H40. The van der Waals surface area contributed by atoms with Gasteiger partial charge in [0.05, 0.1) is 0 Å². The van der Waals surface area contributed by atoms with Gasteiger partial charge in [-0.25, -0.2) is 0 Å². The zero-order chi connectivity index (χ0) is 38.1. The van der Waals surface area contributed by atoms with E-state index in [4.69, 9.17) is 0 Å². The maximum absolute atomic E-state index is 2.47. The Bertz CT molecular complexity index is 3130. The highest BCUT2D eigenvalue weighted by molar-refractivity contribution is 6.23. The molecule has 0 unspecified atom stereocenters. The van der Waals surface area contributed by atoms with Crippen molar-refractivity contribution >= 4 is 32.3 Å². The second-order valence-corrected chi connectivity index (χ2v) is 16.0. The van der Waals surface area contributed by atoms with Crippen molar-refractivity contribution in [1.29, 1.82) is 0 Å². The molecule has 0 saturated heterocycles. The van der Waals surface area contributed by atoms with E-state index in [1.165, 1.54) is 110 Å². The molecule has 0 spiro atoms. The fraction of sp³-hybridized carbons (Fsp3) is 0.0526. The second-order valence-electron chi connectivity index (χ2n) is 16.0. The molecule has 0 aliphatic heterocycles. The van der Waals surface area contributed by atoms with Gasteiger partial charge in [-0.2, -0.15) is 0 Å². The van der Waals surface area contributed by atoms with Crippen molar-refractivity contribution < 1.29 is 0 Å². The zero-order valence-corrected chi connectivity index (χ0v) is 32.1. The number of hydrogen-bond donors (Lipinski definition) is 0. The van der Waals surface area contributed by atoms with Gasteiger partial charge in [-0.1, -0.05) is 190 Å². The van der Waals surface area contributed by atoms with Crippen LogP contribution in [0.15, 0.2) is 206 Å². The molecule has 1 aliphatic rings. The Morgan fingerprint density at radius 1 is 0.263 bits per heavy atom. The molecule has 11 rings (SSSR count). The lowest BCUT2D eigenvalue weighted by atomic mass is 9.80. The van der Waals surface area contributed by atoms with E-state index in [9.17, 15) is 0 Å². The number of rotatable bonds is 5. The Morgan fingerprint density at radius 2 is 0.789 bits per heavy atom. The Kier molecular flexibility index (Phi) is 7.63. The fourth-order valence-electron chi connectivity index (χ4n) is 9.66. The predicted octanol–water partition coefficient (Wildman–Crippen LogP) is 15.8. The van der Waals surface area contributed by atoms with Gasteiger partial charge in [0.15, 0.2) is 0 Å². The van der Waals surface area contributed by atoms with Crippen molar-refractivity contribution in [3.63, 3.8) is 0 Å². The van der Waals surface area contributed by atoms with Gasteiger partial charge in [-0.15, -0.1) is 0 Å².